The third-order valence-corrected chi connectivity index (χ3v) is 1.93. The van der Waals surface area contributed by atoms with Crippen LogP contribution in [-0.4, -0.2) is 42.6 Å². The SMILES string of the molecule is CCCCCCCOS(=O)(=O)[O-].[Mg+2]. The van der Waals surface area contributed by atoms with E-state index in [0.717, 1.165) is 25.7 Å². The van der Waals surface area contributed by atoms with Gasteiger partial charge in [0.25, 0.3) is 0 Å². The minimum Gasteiger partial charge on any atom is -0.726 e. The van der Waals surface area contributed by atoms with Gasteiger partial charge in [0.1, 0.15) is 0 Å². The molecule has 0 atom stereocenters. The predicted octanol–water partition coefficient (Wildman–Crippen LogP) is 1.05. The molecular formula is C7H15MgO4S+. The quantitative estimate of drug-likeness (QED) is 0.278. The van der Waals surface area contributed by atoms with Gasteiger partial charge >= 0.3 is 23.1 Å². The van der Waals surface area contributed by atoms with Crippen LogP contribution in [0.15, 0.2) is 0 Å². The molecule has 0 bridgehead atoms. The summed E-state index contributed by atoms with van der Waals surface area (Å²) in [5.74, 6) is 0. The zero-order valence-electron chi connectivity index (χ0n) is 7.99. The van der Waals surface area contributed by atoms with Crippen molar-refractivity contribution in [2.45, 2.75) is 39.0 Å². The average molecular weight is 220 g/mol. The zero-order chi connectivity index (χ0) is 9.45. The molecule has 0 aromatic heterocycles. The molecule has 0 saturated carbocycles. The van der Waals surface area contributed by atoms with E-state index in [4.69, 9.17) is 0 Å². The third kappa shape index (κ3) is 15.4. The molecule has 0 unspecified atom stereocenters. The fourth-order valence-electron chi connectivity index (χ4n) is 0.867. The minimum atomic E-state index is -4.47. The molecule has 13 heavy (non-hydrogen) atoms. The van der Waals surface area contributed by atoms with Crippen LogP contribution in [0.1, 0.15) is 39.0 Å². The Kier molecular flexibility index (Phi) is 11.4. The summed E-state index contributed by atoms with van der Waals surface area (Å²) in [6, 6.07) is 0. The molecule has 0 aromatic rings. The Bertz CT molecular complexity index is 191. The molecule has 0 rings (SSSR count). The summed E-state index contributed by atoms with van der Waals surface area (Å²) in [5.41, 5.74) is 0. The molecule has 0 aliphatic heterocycles. The summed E-state index contributed by atoms with van der Waals surface area (Å²) in [7, 11) is -4.47. The van der Waals surface area contributed by atoms with Crippen molar-refractivity contribution < 1.29 is 17.2 Å². The van der Waals surface area contributed by atoms with Gasteiger partial charge < -0.3 is 4.55 Å². The Morgan fingerprint density at radius 3 is 2.15 bits per heavy atom. The molecule has 0 aromatic carbocycles. The van der Waals surface area contributed by atoms with Crippen LogP contribution in [-0.2, 0) is 14.6 Å². The van der Waals surface area contributed by atoms with Crippen molar-refractivity contribution in [3.8, 4) is 0 Å². The van der Waals surface area contributed by atoms with Gasteiger partial charge in [0.2, 0.25) is 10.4 Å². The Balaban J connectivity index is 0. The normalized spacial score (nSPS) is 10.9. The van der Waals surface area contributed by atoms with Crippen molar-refractivity contribution in [2.24, 2.45) is 0 Å². The molecule has 0 N–H and O–H groups in total. The predicted molar refractivity (Wildman–Crippen MR) is 50.2 cm³/mol. The zero-order valence-corrected chi connectivity index (χ0v) is 10.2. The van der Waals surface area contributed by atoms with Crippen LogP contribution in [0.25, 0.3) is 0 Å². The van der Waals surface area contributed by atoms with Crippen LogP contribution in [0.5, 0.6) is 0 Å². The minimum absolute atomic E-state index is 0. The second kappa shape index (κ2) is 9.20. The van der Waals surface area contributed by atoms with Crippen LogP contribution in [0.2, 0.25) is 0 Å². The Morgan fingerprint density at radius 2 is 1.69 bits per heavy atom. The molecule has 0 radical (unpaired) electrons. The van der Waals surface area contributed by atoms with Crippen molar-refractivity contribution in [3.05, 3.63) is 0 Å². The van der Waals surface area contributed by atoms with E-state index in [1.165, 1.54) is 0 Å². The standard InChI is InChI=1S/C7H16O4S.Mg/c1-2-3-4-5-6-7-11-12(8,9)10;/h2-7H2,1H3,(H,8,9,10);/q;+2/p-1. The third-order valence-electron chi connectivity index (χ3n) is 1.48. The summed E-state index contributed by atoms with van der Waals surface area (Å²) in [6.45, 7) is 2.12. The van der Waals surface area contributed by atoms with Gasteiger partial charge in [0.05, 0.1) is 6.61 Å². The Labute approximate surface area is 96.1 Å². The van der Waals surface area contributed by atoms with Gasteiger partial charge in [-0.1, -0.05) is 32.6 Å². The first-order chi connectivity index (χ1) is 5.56. The summed E-state index contributed by atoms with van der Waals surface area (Å²) < 4.78 is 33.9. The van der Waals surface area contributed by atoms with E-state index in [1.807, 2.05) is 0 Å². The van der Waals surface area contributed by atoms with Crippen molar-refractivity contribution in [3.63, 3.8) is 0 Å². The van der Waals surface area contributed by atoms with E-state index in [9.17, 15) is 13.0 Å². The fraction of sp³-hybridized carbons (Fsp3) is 1.00. The number of hydrogen-bond donors (Lipinski definition) is 0. The molecular weight excluding hydrogens is 204 g/mol. The van der Waals surface area contributed by atoms with Gasteiger partial charge in [0.15, 0.2) is 0 Å². The van der Waals surface area contributed by atoms with Crippen LogP contribution >= 0.6 is 0 Å². The Hall–Kier alpha value is 0.636. The van der Waals surface area contributed by atoms with Crippen molar-refractivity contribution in [1.82, 2.24) is 0 Å². The molecule has 0 amide bonds. The topological polar surface area (TPSA) is 66.4 Å². The molecule has 0 spiro atoms. The second-order valence-electron chi connectivity index (χ2n) is 2.64. The molecule has 0 heterocycles. The summed E-state index contributed by atoms with van der Waals surface area (Å²) in [4.78, 5) is 0. The van der Waals surface area contributed by atoms with Gasteiger partial charge in [-0.2, -0.15) is 0 Å². The molecule has 74 valence electrons. The van der Waals surface area contributed by atoms with E-state index < -0.39 is 10.4 Å². The number of unbranched alkanes of at least 4 members (excludes halogenated alkanes) is 4. The van der Waals surface area contributed by atoms with Gasteiger partial charge in [0, 0.05) is 0 Å². The van der Waals surface area contributed by atoms with E-state index in [1.54, 1.807) is 0 Å². The van der Waals surface area contributed by atoms with Gasteiger partial charge in [-0.3, -0.25) is 4.18 Å². The van der Waals surface area contributed by atoms with Crippen molar-refractivity contribution in [2.75, 3.05) is 6.61 Å². The van der Waals surface area contributed by atoms with Gasteiger partial charge in [-0.15, -0.1) is 0 Å². The molecule has 0 saturated heterocycles. The first kappa shape index (κ1) is 16.1. The van der Waals surface area contributed by atoms with Gasteiger partial charge in [-0.25, -0.2) is 8.42 Å². The van der Waals surface area contributed by atoms with Crippen LogP contribution in [0.3, 0.4) is 0 Å². The van der Waals surface area contributed by atoms with Crippen molar-refractivity contribution >= 4 is 33.5 Å². The smallest absolute Gasteiger partial charge is 0.726 e. The fourth-order valence-corrected chi connectivity index (χ4v) is 1.19. The summed E-state index contributed by atoms with van der Waals surface area (Å²) >= 11 is 0. The number of hydrogen-bond acceptors (Lipinski definition) is 4. The molecule has 0 aliphatic rings. The number of rotatable bonds is 7. The van der Waals surface area contributed by atoms with Crippen LogP contribution in [0.4, 0.5) is 0 Å². The van der Waals surface area contributed by atoms with Gasteiger partial charge in [-0.05, 0) is 6.42 Å². The molecule has 0 aliphatic carbocycles. The average Bonchev–Trinajstić information content (AvgIpc) is 1.94. The van der Waals surface area contributed by atoms with Crippen molar-refractivity contribution in [1.29, 1.82) is 0 Å². The summed E-state index contributed by atoms with van der Waals surface area (Å²) in [6.07, 6.45) is 4.91. The van der Waals surface area contributed by atoms with E-state index in [0.29, 0.717) is 6.42 Å². The second-order valence-corrected chi connectivity index (χ2v) is 3.70. The first-order valence-electron chi connectivity index (χ1n) is 4.16. The van der Waals surface area contributed by atoms with E-state index in [-0.39, 0.29) is 29.7 Å². The molecule has 6 heteroatoms. The maximum atomic E-state index is 9.94. The Morgan fingerprint density at radius 1 is 1.15 bits per heavy atom. The maximum Gasteiger partial charge on any atom is 2.00 e. The largest absolute Gasteiger partial charge is 2.00 e. The summed E-state index contributed by atoms with van der Waals surface area (Å²) in [5, 5.41) is 0. The monoisotopic (exact) mass is 219 g/mol. The maximum absolute atomic E-state index is 9.94. The van der Waals surface area contributed by atoms with E-state index in [2.05, 4.69) is 11.1 Å². The van der Waals surface area contributed by atoms with E-state index >= 15 is 0 Å². The van der Waals surface area contributed by atoms with Crippen LogP contribution < -0.4 is 0 Å². The first-order valence-corrected chi connectivity index (χ1v) is 5.50. The molecule has 4 nitrogen and oxygen atoms in total. The van der Waals surface area contributed by atoms with Crippen LogP contribution in [0, 0.1) is 0 Å². The molecule has 0 fully saturated rings.